The molecular weight excluding hydrogens is 254 g/mol. The molecule has 0 saturated heterocycles. The van der Waals surface area contributed by atoms with Crippen LogP contribution in [0.1, 0.15) is 10.6 Å². The first-order valence-electron chi connectivity index (χ1n) is 6.29. The Bertz CT molecular complexity index is 718. The van der Waals surface area contributed by atoms with E-state index in [1.54, 1.807) is 11.3 Å². The predicted octanol–water partition coefficient (Wildman–Crippen LogP) is 3.17. The lowest BCUT2D eigenvalue weighted by molar-refractivity contribution is 0.970. The van der Waals surface area contributed by atoms with Crippen LogP contribution in [-0.2, 0) is 6.42 Å². The number of aryl methyl sites for hydroxylation is 1. The molecule has 2 heterocycles. The van der Waals surface area contributed by atoms with Gasteiger partial charge in [0.2, 0.25) is 0 Å². The highest BCUT2D eigenvalue weighted by Crippen LogP contribution is 2.29. The summed E-state index contributed by atoms with van der Waals surface area (Å²) in [6, 6.07) is 10.3. The molecule has 2 N–H and O–H groups in total. The van der Waals surface area contributed by atoms with Gasteiger partial charge < -0.3 is 5.73 Å². The molecule has 1 aromatic carbocycles. The Kier molecular flexibility index (Phi) is 3.27. The number of hydrogen-bond donors (Lipinski definition) is 1. The standard InChI is InChI=1S/C15H15N3S/c1-10-14(6-7-16)19-15(18-10)12-4-5-13-11(9-12)3-2-8-17-13/h2-5,8-9H,6-7,16H2,1H3. The maximum absolute atomic E-state index is 5.62. The summed E-state index contributed by atoms with van der Waals surface area (Å²) in [5.41, 5.74) is 8.88. The molecule has 0 atom stereocenters. The maximum atomic E-state index is 5.62. The molecule has 0 aliphatic carbocycles. The number of nitrogens with zero attached hydrogens (tertiary/aromatic N) is 2. The van der Waals surface area contributed by atoms with Gasteiger partial charge in [0.05, 0.1) is 11.2 Å². The van der Waals surface area contributed by atoms with E-state index in [2.05, 4.69) is 28.2 Å². The first-order valence-corrected chi connectivity index (χ1v) is 7.11. The predicted molar refractivity (Wildman–Crippen MR) is 80.3 cm³/mol. The van der Waals surface area contributed by atoms with Crippen molar-refractivity contribution in [2.45, 2.75) is 13.3 Å². The molecule has 3 rings (SSSR count). The van der Waals surface area contributed by atoms with Crippen molar-refractivity contribution in [3.8, 4) is 10.6 Å². The van der Waals surface area contributed by atoms with Crippen molar-refractivity contribution in [2.24, 2.45) is 5.73 Å². The minimum atomic E-state index is 0.671. The zero-order valence-corrected chi connectivity index (χ0v) is 11.6. The van der Waals surface area contributed by atoms with Gasteiger partial charge in [-0.25, -0.2) is 4.98 Å². The van der Waals surface area contributed by atoms with Crippen LogP contribution >= 0.6 is 11.3 Å². The molecule has 19 heavy (non-hydrogen) atoms. The lowest BCUT2D eigenvalue weighted by Crippen LogP contribution is -2.01. The Labute approximate surface area is 116 Å². The van der Waals surface area contributed by atoms with E-state index in [1.807, 2.05) is 25.3 Å². The van der Waals surface area contributed by atoms with E-state index in [4.69, 9.17) is 5.73 Å². The van der Waals surface area contributed by atoms with E-state index in [9.17, 15) is 0 Å². The highest BCUT2D eigenvalue weighted by Gasteiger charge is 2.09. The molecule has 2 aromatic heterocycles. The normalized spacial score (nSPS) is 11.1. The van der Waals surface area contributed by atoms with Crippen molar-refractivity contribution in [3.63, 3.8) is 0 Å². The third-order valence-electron chi connectivity index (χ3n) is 3.11. The van der Waals surface area contributed by atoms with Crippen molar-refractivity contribution >= 4 is 22.2 Å². The summed E-state index contributed by atoms with van der Waals surface area (Å²) in [5.74, 6) is 0. The molecule has 0 saturated carbocycles. The van der Waals surface area contributed by atoms with Crippen LogP contribution in [0.3, 0.4) is 0 Å². The fraction of sp³-hybridized carbons (Fsp3) is 0.200. The molecule has 0 bridgehead atoms. The number of hydrogen-bond acceptors (Lipinski definition) is 4. The summed E-state index contributed by atoms with van der Waals surface area (Å²) in [6.07, 6.45) is 2.72. The molecule has 3 nitrogen and oxygen atoms in total. The van der Waals surface area contributed by atoms with E-state index in [1.165, 1.54) is 4.88 Å². The summed E-state index contributed by atoms with van der Waals surface area (Å²) >= 11 is 1.73. The zero-order valence-electron chi connectivity index (χ0n) is 10.8. The van der Waals surface area contributed by atoms with Gasteiger partial charge in [-0.1, -0.05) is 6.07 Å². The summed E-state index contributed by atoms with van der Waals surface area (Å²) in [5, 5.41) is 2.21. The Morgan fingerprint density at radius 3 is 3.00 bits per heavy atom. The number of rotatable bonds is 3. The van der Waals surface area contributed by atoms with Gasteiger partial charge in [0, 0.05) is 22.0 Å². The van der Waals surface area contributed by atoms with Crippen molar-refractivity contribution in [1.82, 2.24) is 9.97 Å². The largest absolute Gasteiger partial charge is 0.330 e. The van der Waals surface area contributed by atoms with E-state index < -0.39 is 0 Å². The maximum Gasteiger partial charge on any atom is 0.123 e. The van der Waals surface area contributed by atoms with Crippen LogP contribution in [-0.4, -0.2) is 16.5 Å². The van der Waals surface area contributed by atoms with Gasteiger partial charge in [-0.3, -0.25) is 4.98 Å². The van der Waals surface area contributed by atoms with Gasteiger partial charge in [0.25, 0.3) is 0 Å². The molecule has 0 fully saturated rings. The summed E-state index contributed by atoms with van der Waals surface area (Å²) in [4.78, 5) is 10.3. The molecule has 3 aromatic rings. The Morgan fingerprint density at radius 1 is 1.26 bits per heavy atom. The molecule has 0 spiro atoms. The van der Waals surface area contributed by atoms with Crippen molar-refractivity contribution in [2.75, 3.05) is 6.54 Å². The van der Waals surface area contributed by atoms with Crippen LogP contribution in [0, 0.1) is 6.92 Å². The smallest absolute Gasteiger partial charge is 0.123 e. The molecular formula is C15H15N3S. The first-order chi connectivity index (χ1) is 9.28. The van der Waals surface area contributed by atoms with Crippen LogP contribution in [0.4, 0.5) is 0 Å². The lowest BCUT2D eigenvalue weighted by Gasteiger charge is -1.99. The minimum Gasteiger partial charge on any atom is -0.330 e. The van der Waals surface area contributed by atoms with Crippen LogP contribution in [0.2, 0.25) is 0 Å². The molecule has 0 aliphatic rings. The van der Waals surface area contributed by atoms with Gasteiger partial charge >= 0.3 is 0 Å². The molecule has 4 heteroatoms. The Balaban J connectivity index is 2.06. The highest BCUT2D eigenvalue weighted by molar-refractivity contribution is 7.15. The second-order valence-corrected chi connectivity index (χ2v) is 5.56. The van der Waals surface area contributed by atoms with E-state index in [0.717, 1.165) is 33.6 Å². The number of benzene rings is 1. The number of aromatic nitrogens is 2. The second-order valence-electron chi connectivity index (χ2n) is 4.48. The average Bonchev–Trinajstić information content (AvgIpc) is 2.80. The van der Waals surface area contributed by atoms with Crippen molar-refractivity contribution in [1.29, 1.82) is 0 Å². The monoisotopic (exact) mass is 269 g/mol. The van der Waals surface area contributed by atoms with Crippen LogP contribution in [0.25, 0.3) is 21.5 Å². The fourth-order valence-corrected chi connectivity index (χ4v) is 3.20. The Hall–Kier alpha value is -1.78. The van der Waals surface area contributed by atoms with Crippen LogP contribution in [0.5, 0.6) is 0 Å². The number of fused-ring (bicyclic) bond motifs is 1. The highest BCUT2D eigenvalue weighted by atomic mass is 32.1. The van der Waals surface area contributed by atoms with Gasteiger partial charge in [-0.2, -0.15) is 0 Å². The van der Waals surface area contributed by atoms with Gasteiger partial charge in [0.1, 0.15) is 5.01 Å². The molecule has 0 amide bonds. The van der Waals surface area contributed by atoms with E-state index >= 15 is 0 Å². The number of pyridine rings is 1. The van der Waals surface area contributed by atoms with Crippen LogP contribution in [0.15, 0.2) is 36.5 Å². The summed E-state index contributed by atoms with van der Waals surface area (Å²) in [7, 11) is 0. The lowest BCUT2D eigenvalue weighted by atomic mass is 10.1. The minimum absolute atomic E-state index is 0.671. The topological polar surface area (TPSA) is 51.8 Å². The third kappa shape index (κ3) is 2.37. The molecule has 0 radical (unpaired) electrons. The molecule has 0 unspecified atom stereocenters. The molecule has 0 aliphatic heterocycles. The van der Waals surface area contributed by atoms with Gasteiger partial charge in [-0.05, 0) is 44.2 Å². The van der Waals surface area contributed by atoms with E-state index in [0.29, 0.717) is 6.54 Å². The zero-order chi connectivity index (χ0) is 13.2. The summed E-state index contributed by atoms with van der Waals surface area (Å²) < 4.78 is 0. The fourth-order valence-electron chi connectivity index (χ4n) is 2.12. The number of thiazole rings is 1. The second kappa shape index (κ2) is 5.07. The SMILES string of the molecule is Cc1nc(-c2ccc3ncccc3c2)sc1CCN. The van der Waals surface area contributed by atoms with Crippen LogP contribution < -0.4 is 5.73 Å². The third-order valence-corrected chi connectivity index (χ3v) is 4.38. The quantitative estimate of drug-likeness (QED) is 0.794. The van der Waals surface area contributed by atoms with Crippen molar-refractivity contribution in [3.05, 3.63) is 47.1 Å². The average molecular weight is 269 g/mol. The van der Waals surface area contributed by atoms with E-state index in [-0.39, 0.29) is 0 Å². The van der Waals surface area contributed by atoms with Gasteiger partial charge in [0.15, 0.2) is 0 Å². The molecule has 96 valence electrons. The summed E-state index contributed by atoms with van der Waals surface area (Å²) in [6.45, 7) is 2.72. The number of nitrogens with two attached hydrogens (primary N) is 1. The Morgan fingerprint density at radius 2 is 2.16 bits per heavy atom. The van der Waals surface area contributed by atoms with Gasteiger partial charge in [-0.15, -0.1) is 11.3 Å². The first kappa shape index (κ1) is 12.3. The van der Waals surface area contributed by atoms with Crippen molar-refractivity contribution < 1.29 is 0 Å².